The van der Waals surface area contributed by atoms with Crippen molar-refractivity contribution in [2.45, 2.75) is 25.7 Å². The van der Waals surface area contributed by atoms with Crippen LogP contribution in [0.3, 0.4) is 0 Å². The number of aromatic nitrogens is 2. The van der Waals surface area contributed by atoms with Crippen LogP contribution in [0.1, 0.15) is 29.3 Å². The van der Waals surface area contributed by atoms with Crippen molar-refractivity contribution in [3.63, 3.8) is 0 Å². The third-order valence-corrected chi connectivity index (χ3v) is 6.06. The van der Waals surface area contributed by atoms with Crippen LogP contribution in [0, 0.1) is 18.6 Å². The second-order valence-electron chi connectivity index (χ2n) is 7.54. The summed E-state index contributed by atoms with van der Waals surface area (Å²) in [6.45, 7) is 3.53. The van der Waals surface area contributed by atoms with Crippen LogP contribution in [0.5, 0.6) is 0 Å². The molecule has 0 bridgehead atoms. The number of amides is 1. The van der Waals surface area contributed by atoms with Crippen LogP contribution in [0.2, 0.25) is 0 Å². The molecule has 0 unspecified atom stereocenters. The molecule has 6 nitrogen and oxygen atoms in total. The predicted octanol–water partition coefficient (Wildman–Crippen LogP) is 4.69. The van der Waals surface area contributed by atoms with Crippen LogP contribution in [-0.4, -0.2) is 40.4 Å². The van der Waals surface area contributed by atoms with Gasteiger partial charge in [0.2, 0.25) is 5.91 Å². The van der Waals surface area contributed by atoms with Crippen molar-refractivity contribution < 1.29 is 13.6 Å². The Morgan fingerprint density at radius 1 is 1.16 bits per heavy atom. The van der Waals surface area contributed by atoms with Gasteiger partial charge < -0.3 is 10.6 Å². The van der Waals surface area contributed by atoms with Gasteiger partial charge in [-0.2, -0.15) is 0 Å². The van der Waals surface area contributed by atoms with Crippen LogP contribution in [0.15, 0.2) is 42.6 Å². The van der Waals surface area contributed by atoms with Crippen molar-refractivity contribution in [3.05, 3.63) is 64.8 Å². The first-order valence-corrected chi connectivity index (χ1v) is 10.9. The number of benzene rings is 1. The van der Waals surface area contributed by atoms with Crippen molar-refractivity contribution in [2.24, 2.45) is 0 Å². The molecule has 162 valence electrons. The first-order valence-electron chi connectivity index (χ1n) is 10.1. The summed E-state index contributed by atoms with van der Waals surface area (Å²) >= 11 is 1.58. The highest BCUT2D eigenvalue weighted by Gasteiger charge is 2.24. The van der Waals surface area contributed by atoms with Gasteiger partial charge >= 0.3 is 0 Å². The van der Waals surface area contributed by atoms with Gasteiger partial charge in [0.05, 0.1) is 6.54 Å². The summed E-state index contributed by atoms with van der Waals surface area (Å²) in [6, 6.07) is 9.43. The van der Waals surface area contributed by atoms with E-state index in [9.17, 15) is 13.6 Å². The number of thiazole rings is 1. The number of pyridine rings is 1. The van der Waals surface area contributed by atoms with Gasteiger partial charge in [0.15, 0.2) is 5.13 Å². The van der Waals surface area contributed by atoms with Crippen LogP contribution < -0.4 is 10.6 Å². The monoisotopic (exact) mass is 443 g/mol. The summed E-state index contributed by atoms with van der Waals surface area (Å²) in [4.78, 5) is 24.4. The Morgan fingerprint density at radius 2 is 1.87 bits per heavy atom. The molecular formula is C22H23F2N5OS. The van der Waals surface area contributed by atoms with Crippen molar-refractivity contribution in [3.8, 4) is 0 Å². The maximum Gasteiger partial charge on any atom is 0.238 e. The van der Waals surface area contributed by atoms with Gasteiger partial charge in [-0.25, -0.2) is 18.7 Å². The van der Waals surface area contributed by atoms with Crippen molar-refractivity contribution >= 4 is 33.9 Å². The normalized spacial score (nSPS) is 15.1. The Balaban J connectivity index is 1.30. The molecule has 9 heteroatoms. The molecule has 1 amide bonds. The van der Waals surface area contributed by atoms with Gasteiger partial charge in [-0.1, -0.05) is 12.1 Å². The Labute approximate surface area is 183 Å². The number of piperidine rings is 1. The molecule has 1 fully saturated rings. The first kappa shape index (κ1) is 21.3. The zero-order valence-electron chi connectivity index (χ0n) is 17.1. The maximum atomic E-state index is 13.7. The number of halogens is 2. The first-order chi connectivity index (χ1) is 15.0. The van der Waals surface area contributed by atoms with E-state index in [1.807, 2.05) is 36.2 Å². The van der Waals surface area contributed by atoms with E-state index in [-0.39, 0.29) is 6.54 Å². The minimum atomic E-state index is -0.778. The molecule has 2 N–H and O–H groups in total. The Hall–Kier alpha value is -2.91. The summed E-state index contributed by atoms with van der Waals surface area (Å²) in [5.41, 5.74) is 0.613. The molecule has 1 aliphatic rings. The van der Waals surface area contributed by atoms with E-state index in [0.29, 0.717) is 19.0 Å². The highest BCUT2D eigenvalue weighted by Crippen LogP contribution is 2.28. The number of hydrogen-bond acceptors (Lipinski definition) is 6. The van der Waals surface area contributed by atoms with E-state index >= 15 is 0 Å². The van der Waals surface area contributed by atoms with E-state index in [2.05, 4.69) is 15.6 Å². The molecule has 3 aromatic rings. The fraction of sp³-hybridized carbons (Fsp3) is 0.318. The zero-order valence-corrected chi connectivity index (χ0v) is 17.9. The summed E-state index contributed by atoms with van der Waals surface area (Å²) in [7, 11) is 0. The number of carbonyl (C=O) groups is 1. The molecule has 0 atom stereocenters. The molecule has 2 aromatic heterocycles. The fourth-order valence-corrected chi connectivity index (χ4v) is 4.33. The molecule has 4 rings (SSSR count). The largest absolute Gasteiger partial charge is 0.320 e. The number of hydrogen-bond donors (Lipinski definition) is 2. The molecule has 1 aliphatic heterocycles. The number of anilines is 3. The number of carbonyl (C=O) groups excluding carboxylic acids is 1. The SMILES string of the molecule is Cc1cnc(Nc2cccc(C3CCN(CC(=O)Nc4c(F)cccc4F)CC3)n2)s1. The van der Waals surface area contributed by atoms with Gasteiger partial charge in [-0.3, -0.25) is 9.69 Å². The lowest BCUT2D eigenvalue weighted by Gasteiger charge is -2.31. The van der Waals surface area contributed by atoms with Crippen molar-refractivity contribution in [2.75, 3.05) is 30.3 Å². The smallest absolute Gasteiger partial charge is 0.238 e. The molecule has 1 saturated heterocycles. The highest BCUT2D eigenvalue weighted by atomic mass is 32.1. The summed E-state index contributed by atoms with van der Waals surface area (Å²) in [6.07, 6.45) is 3.53. The summed E-state index contributed by atoms with van der Waals surface area (Å²) in [5, 5.41) is 6.40. The van der Waals surface area contributed by atoms with E-state index < -0.39 is 23.2 Å². The number of nitrogens with one attached hydrogen (secondary N) is 2. The molecule has 1 aromatic carbocycles. The Kier molecular flexibility index (Phi) is 6.53. The number of likely N-dealkylation sites (tertiary alicyclic amines) is 1. The molecule has 3 heterocycles. The van der Waals surface area contributed by atoms with E-state index in [4.69, 9.17) is 4.98 Å². The lowest BCUT2D eigenvalue weighted by atomic mass is 9.93. The van der Waals surface area contributed by atoms with Gasteiger partial charge in [-0.15, -0.1) is 11.3 Å². The van der Waals surface area contributed by atoms with Crippen molar-refractivity contribution in [1.29, 1.82) is 0 Å². The molecule has 0 radical (unpaired) electrons. The summed E-state index contributed by atoms with van der Waals surface area (Å²) in [5.74, 6) is -0.923. The average molecular weight is 444 g/mol. The lowest BCUT2D eigenvalue weighted by Crippen LogP contribution is -2.39. The van der Waals surface area contributed by atoms with Gasteiger partial charge in [0.1, 0.15) is 23.1 Å². The second-order valence-corrected chi connectivity index (χ2v) is 8.78. The zero-order chi connectivity index (χ0) is 21.8. The molecule has 31 heavy (non-hydrogen) atoms. The maximum absolute atomic E-state index is 13.7. The molecule has 0 saturated carbocycles. The second kappa shape index (κ2) is 9.49. The number of rotatable bonds is 6. The third kappa shape index (κ3) is 5.42. The summed E-state index contributed by atoms with van der Waals surface area (Å²) < 4.78 is 27.4. The topological polar surface area (TPSA) is 70.2 Å². The van der Waals surface area contributed by atoms with E-state index in [0.717, 1.165) is 46.5 Å². The molecular weight excluding hydrogens is 420 g/mol. The minimum absolute atomic E-state index is 0.0961. The van der Waals surface area contributed by atoms with Gasteiger partial charge in [0.25, 0.3) is 0 Å². The Bertz CT molecular complexity index is 1050. The quantitative estimate of drug-likeness (QED) is 0.579. The van der Waals surface area contributed by atoms with E-state index in [1.54, 1.807) is 11.3 Å². The number of para-hydroxylation sites is 1. The van der Waals surface area contributed by atoms with Crippen LogP contribution in [-0.2, 0) is 4.79 Å². The number of aryl methyl sites for hydroxylation is 1. The molecule has 0 aliphatic carbocycles. The number of nitrogens with zero attached hydrogens (tertiary/aromatic N) is 3. The average Bonchev–Trinajstić information content (AvgIpc) is 3.16. The van der Waals surface area contributed by atoms with Gasteiger partial charge in [-0.05, 0) is 57.1 Å². The fourth-order valence-electron chi connectivity index (χ4n) is 3.66. The van der Waals surface area contributed by atoms with Crippen LogP contribution >= 0.6 is 11.3 Å². The predicted molar refractivity (Wildman–Crippen MR) is 118 cm³/mol. The van der Waals surface area contributed by atoms with Crippen LogP contribution in [0.25, 0.3) is 0 Å². The van der Waals surface area contributed by atoms with Crippen molar-refractivity contribution in [1.82, 2.24) is 14.9 Å². The lowest BCUT2D eigenvalue weighted by molar-refractivity contribution is -0.117. The minimum Gasteiger partial charge on any atom is -0.320 e. The molecule has 0 spiro atoms. The van der Waals surface area contributed by atoms with E-state index in [1.165, 1.54) is 6.07 Å². The highest BCUT2D eigenvalue weighted by molar-refractivity contribution is 7.15. The third-order valence-electron chi connectivity index (χ3n) is 5.23. The van der Waals surface area contributed by atoms with Crippen LogP contribution in [0.4, 0.5) is 25.4 Å². The Morgan fingerprint density at radius 3 is 2.55 bits per heavy atom. The van der Waals surface area contributed by atoms with Gasteiger partial charge in [0, 0.05) is 22.7 Å². The standard InChI is InChI=1S/C22H23F2N5OS/c1-14-12-25-22(31-14)27-19-7-3-6-18(26-19)15-8-10-29(11-9-15)13-20(30)28-21-16(23)4-2-5-17(21)24/h2-7,12,15H,8-11,13H2,1H3,(H,28,30)(H,25,26,27).